The molecular formula is C8H3Cl3S2. The minimum Gasteiger partial charge on any atom is -0.143 e. The summed E-state index contributed by atoms with van der Waals surface area (Å²) >= 11 is 20.8. The van der Waals surface area contributed by atoms with Crippen LogP contribution in [0.15, 0.2) is 17.5 Å². The quantitative estimate of drug-likeness (QED) is 0.647. The van der Waals surface area contributed by atoms with E-state index in [1.165, 1.54) is 11.3 Å². The van der Waals surface area contributed by atoms with Gasteiger partial charge in [-0.25, -0.2) is 0 Å². The molecule has 0 radical (unpaired) electrons. The molecule has 0 fully saturated rings. The van der Waals surface area contributed by atoms with Gasteiger partial charge in [-0.1, -0.05) is 40.9 Å². The average molecular weight is 270 g/mol. The zero-order valence-electron chi connectivity index (χ0n) is 6.18. The largest absolute Gasteiger partial charge is 0.143 e. The van der Waals surface area contributed by atoms with Gasteiger partial charge in [0.1, 0.15) is 4.34 Å². The van der Waals surface area contributed by atoms with Gasteiger partial charge in [0, 0.05) is 4.88 Å². The number of hydrogen-bond acceptors (Lipinski definition) is 2. The van der Waals surface area contributed by atoms with Crippen LogP contribution in [-0.2, 0) is 0 Å². The zero-order chi connectivity index (χ0) is 9.42. The van der Waals surface area contributed by atoms with Crippen molar-refractivity contribution in [1.82, 2.24) is 0 Å². The van der Waals surface area contributed by atoms with E-state index in [1.807, 2.05) is 17.5 Å². The molecule has 13 heavy (non-hydrogen) atoms. The number of rotatable bonds is 1. The minimum atomic E-state index is 0.455. The highest BCUT2D eigenvalue weighted by molar-refractivity contribution is 7.24. The Balaban J connectivity index is 2.59. The Morgan fingerprint density at radius 3 is 2.31 bits per heavy atom. The second-order valence-corrected chi connectivity index (χ2v) is 5.64. The molecule has 2 rings (SSSR count). The summed E-state index contributed by atoms with van der Waals surface area (Å²) in [5.74, 6) is 0. The second-order valence-electron chi connectivity index (χ2n) is 2.31. The number of thiophene rings is 2. The molecule has 0 aromatic carbocycles. The first-order valence-corrected chi connectivity index (χ1v) is 6.20. The summed E-state index contributed by atoms with van der Waals surface area (Å²) in [5.41, 5.74) is 0. The Hall–Kier alpha value is 0.270. The lowest BCUT2D eigenvalue weighted by molar-refractivity contribution is 1.92. The van der Waals surface area contributed by atoms with Gasteiger partial charge in [-0.2, -0.15) is 0 Å². The smallest absolute Gasteiger partial charge is 0.114 e. The molecule has 0 nitrogen and oxygen atoms in total. The van der Waals surface area contributed by atoms with Crippen LogP contribution in [0.25, 0.3) is 9.75 Å². The van der Waals surface area contributed by atoms with E-state index in [2.05, 4.69) is 0 Å². The molecule has 0 aliphatic rings. The topological polar surface area (TPSA) is 0 Å². The SMILES string of the molecule is Clc1sc(-c2cccs2)c(Cl)c1Cl. The summed E-state index contributed by atoms with van der Waals surface area (Å²) in [5, 5.41) is 3.00. The van der Waals surface area contributed by atoms with E-state index in [-0.39, 0.29) is 0 Å². The molecule has 0 bridgehead atoms. The Morgan fingerprint density at radius 1 is 1.08 bits per heavy atom. The molecule has 2 heterocycles. The first kappa shape index (κ1) is 9.81. The summed E-state index contributed by atoms with van der Waals surface area (Å²) in [6, 6.07) is 3.97. The fourth-order valence-electron chi connectivity index (χ4n) is 0.931. The molecule has 0 atom stereocenters. The predicted octanol–water partition coefficient (Wildman–Crippen LogP) is 5.44. The van der Waals surface area contributed by atoms with Gasteiger partial charge in [0.2, 0.25) is 0 Å². The third-order valence-corrected chi connectivity index (χ3v) is 5.12. The van der Waals surface area contributed by atoms with Crippen LogP contribution in [-0.4, -0.2) is 0 Å². The molecule has 0 saturated carbocycles. The fourth-order valence-corrected chi connectivity index (χ4v) is 3.67. The summed E-state index contributed by atoms with van der Waals surface area (Å²) in [4.78, 5) is 2.05. The molecule has 2 aromatic rings. The lowest BCUT2D eigenvalue weighted by atomic mass is 10.4. The van der Waals surface area contributed by atoms with Crippen molar-refractivity contribution in [2.24, 2.45) is 0 Å². The third-order valence-electron chi connectivity index (χ3n) is 1.50. The van der Waals surface area contributed by atoms with E-state index in [1.54, 1.807) is 11.3 Å². The van der Waals surface area contributed by atoms with Crippen LogP contribution < -0.4 is 0 Å². The van der Waals surface area contributed by atoms with Crippen LogP contribution in [0, 0.1) is 0 Å². The fraction of sp³-hybridized carbons (Fsp3) is 0. The molecule has 0 spiro atoms. The summed E-state index contributed by atoms with van der Waals surface area (Å²) < 4.78 is 0.551. The summed E-state index contributed by atoms with van der Waals surface area (Å²) in [6.07, 6.45) is 0. The first-order valence-electron chi connectivity index (χ1n) is 3.37. The lowest BCUT2D eigenvalue weighted by Gasteiger charge is -1.90. The van der Waals surface area contributed by atoms with Crippen LogP contribution in [0.5, 0.6) is 0 Å². The van der Waals surface area contributed by atoms with Gasteiger partial charge >= 0.3 is 0 Å². The normalized spacial score (nSPS) is 10.7. The van der Waals surface area contributed by atoms with Crippen LogP contribution in [0.1, 0.15) is 0 Å². The summed E-state index contributed by atoms with van der Waals surface area (Å²) in [6.45, 7) is 0. The molecule has 0 N–H and O–H groups in total. The molecule has 0 amide bonds. The second kappa shape index (κ2) is 3.79. The van der Waals surface area contributed by atoms with Crippen molar-refractivity contribution in [3.63, 3.8) is 0 Å². The number of halogens is 3. The standard InChI is InChI=1S/C8H3Cl3S2/c9-5-6(10)8(11)13-7(5)4-2-1-3-12-4/h1-3H. The molecule has 0 aliphatic carbocycles. The summed E-state index contributed by atoms with van der Waals surface area (Å²) in [7, 11) is 0. The Bertz CT molecular complexity index is 417. The average Bonchev–Trinajstić information content (AvgIpc) is 2.70. The highest BCUT2D eigenvalue weighted by Crippen LogP contribution is 2.46. The van der Waals surface area contributed by atoms with E-state index >= 15 is 0 Å². The van der Waals surface area contributed by atoms with E-state index in [4.69, 9.17) is 34.8 Å². The van der Waals surface area contributed by atoms with Gasteiger partial charge in [0.25, 0.3) is 0 Å². The Labute approximate surface area is 98.7 Å². The van der Waals surface area contributed by atoms with Crippen LogP contribution in [0.3, 0.4) is 0 Å². The van der Waals surface area contributed by atoms with E-state index in [9.17, 15) is 0 Å². The third kappa shape index (κ3) is 1.74. The van der Waals surface area contributed by atoms with Crippen molar-refractivity contribution in [3.05, 3.63) is 31.9 Å². The van der Waals surface area contributed by atoms with Crippen molar-refractivity contribution < 1.29 is 0 Å². The van der Waals surface area contributed by atoms with Crippen molar-refractivity contribution >= 4 is 57.5 Å². The maximum Gasteiger partial charge on any atom is 0.114 e. The maximum atomic E-state index is 6.01. The monoisotopic (exact) mass is 268 g/mol. The lowest BCUT2D eigenvalue weighted by Crippen LogP contribution is -1.62. The van der Waals surface area contributed by atoms with E-state index in [0.29, 0.717) is 14.4 Å². The van der Waals surface area contributed by atoms with Crippen molar-refractivity contribution in [3.8, 4) is 9.75 Å². The molecule has 0 unspecified atom stereocenters. The number of hydrogen-bond donors (Lipinski definition) is 0. The Morgan fingerprint density at radius 2 is 1.85 bits per heavy atom. The molecule has 2 aromatic heterocycles. The zero-order valence-corrected chi connectivity index (χ0v) is 10.1. The van der Waals surface area contributed by atoms with Crippen LogP contribution in [0.4, 0.5) is 0 Å². The molecule has 0 saturated heterocycles. The predicted molar refractivity (Wildman–Crippen MR) is 62.7 cm³/mol. The van der Waals surface area contributed by atoms with Gasteiger partial charge in [-0.05, 0) is 11.4 Å². The Kier molecular flexibility index (Phi) is 2.86. The highest BCUT2D eigenvalue weighted by Gasteiger charge is 2.15. The molecular weight excluding hydrogens is 267 g/mol. The first-order chi connectivity index (χ1) is 6.20. The van der Waals surface area contributed by atoms with Crippen LogP contribution >= 0.6 is 57.5 Å². The van der Waals surface area contributed by atoms with Crippen molar-refractivity contribution in [2.45, 2.75) is 0 Å². The van der Waals surface area contributed by atoms with Crippen molar-refractivity contribution in [2.75, 3.05) is 0 Å². The van der Waals surface area contributed by atoms with Gasteiger partial charge in [0.15, 0.2) is 0 Å². The van der Waals surface area contributed by atoms with E-state index in [0.717, 1.165) is 9.75 Å². The minimum absolute atomic E-state index is 0.455. The highest BCUT2D eigenvalue weighted by atomic mass is 35.5. The van der Waals surface area contributed by atoms with Gasteiger partial charge in [-0.15, -0.1) is 22.7 Å². The van der Waals surface area contributed by atoms with Gasteiger partial charge < -0.3 is 0 Å². The van der Waals surface area contributed by atoms with Gasteiger partial charge in [-0.3, -0.25) is 0 Å². The van der Waals surface area contributed by atoms with Crippen LogP contribution in [0.2, 0.25) is 14.4 Å². The molecule has 68 valence electrons. The molecule has 0 aliphatic heterocycles. The molecule has 5 heteroatoms. The van der Waals surface area contributed by atoms with Crippen molar-refractivity contribution in [1.29, 1.82) is 0 Å². The maximum absolute atomic E-state index is 6.01. The van der Waals surface area contributed by atoms with Gasteiger partial charge in [0.05, 0.1) is 14.9 Å². The van der Waals surface area contributed by atoms with E-state index < -0.39 is 0 Å².